The van der Waals surface area contributed by atoms with Crippen LogP contribution in [0.4, 0.5) is 0 Å². The second-order valence-electron chi connectivity index (χ2n) is 5.27. The van der Waals surface area contributed by atoms with Crippen molar-refractivity contribution in [1.82, 2.24) is 18.6 Å². The predicted molar refractivity (Wildman–Crippen MR) is 106 cm³/mol. The van der Waals surface area contributed by atoms with Crippen LogP contribution >= 0.6 is 47.0 Å². The fourth-order valence-electron chi connectivity index (χ4n) is 1.94. The molecule has 0 bridgehead atoms. The van der Waals surface area contributed by atoms with Crippen LogP contribution in [0.25, 0.3) is 11.3 Å². The predicted octanol–water partition coefficient (Wildman–Crippen LogP) is 2.98. The highest BCUT2D eigenvalue weighted by atomic mass is 35.5. The summed E-state index contributed by atoms with van der Waals surface area (Å²) in [6, 6.07) is 3.06. The largest absolute Gasteiger partial charge is 0.314 e. The molecular formula is C14H13Cl3N4O3S2. The molecule has 0 radical (unpaired) electrons. The monoisotopic (exact) mass is 454 g/mol. The van der Waals surface area contributed by atoms with Crippen molar-refractivity contribution in [2.24, 2.45) is 0 Å². The molecule has 1 aromatic carbocycles. The lowest BCUT2D eigenvalue weighted by Gasteiger charge is -2.14. The first kappa shape index (κ1) is 21.1. The number of halogens is 3. The van der Waals surface area contributed by atoms with Gasteiger partial charge in [-0.05, 0) is 12.1 Å². The smallest absolute Gasteiger partial charge is 0.308 e. The Morgan fingerprint density at radius 2 is 1.85 bits per heavy atom. The van der Waals surface area contributed by atoms with Crippen LogP contribution in [0.3, 0.4) is 0 Å². The van der Waals surface area contributed by atoms with E-state index in [1.165, 1.54) is 33.3 Å². The number of rotatable bonds is 4. The average Bonchev–Trinajstić information content (AvgIpc) is 2.98. The number of nitrogens with zero attached hydrogens (tertiary/aromatic N) is 3. The number of imidazole rings is 1. The topological polar surface area (TPSA) is 84.3 Å². The Hall–Kier alpha value is -1.23. The Morgan fingerprint density at radius 3 is 2.38 bits per heavy atom. The van der Waals surface area contributed by atoms with Crippen molar-refractivity contribution in [3.05, 3.63) is 39.2 Å². The van der Waals surface area contributed by atoms with E-state index in [2.05, 4.69) is 10.3 Å². The first-order valence-corrected chi connectivity index (χ1v) is 9.89. The van der Waals surface area contributed by atoms with Crippen LogP contribution in [0.5, 0.6) is 0 Å². The van der Waals surface area contributed by atoms with E-state index in [1.807, 2.05) is 0 Å². The molecule has 1 aromatic heterocycles. The van der Waals surface area contributed by atoms with Crippen molar-refractivity contribution >= 4 is 68.1 Å². The number of aromatic nitrogens is 2. The molecule has 1 N–H and O–H groups in total. The van der Waals surface area contributed by atoms with Crippen molar-refractivity contribution < 1.29 is 13.2 Å². The summed E-state index contributed by atoms with van der Waals surface area (Å²) in [5.74, 6) is -0.595. The van der Waals surface area contributed by atoms with Crippen LogP contribution in [0.15, 0.2) is 18.3 Å². The van der Waals surface area contributed by atoms with E-state index >= 15 is 0 Å². The number of carbonyl (C=O) groups excluding carboxylic acids is 1. The van der Waals surface area contributed by atoms with Gasteiger partial charge in [0.05, 0.1) is 27.0 Å². The second-order valence-corrected chi connectivity index (χ2v) is 8.86. The van der Waals surface area contributed by atoms with Crippen molar-refractivity contribution in [3.8, 4) is 11.3 Å². The van der Waals surface area contributed by atoms with Crippen molar-refractivity contribution in [3.63, 3.8) is 0 Å². The van der Waals surface area contributed by atoms with Crippen LogP contribution in [-0.2, 0) is 15.0 Å². The first-order valence-electron chi connectivity index (χ1n) is 6.95. The molecule has 0 saturated carbocycles. The third-order valence-electron chi connectivity index (χ3n) is 3.19. The number of carbonyl (C=O) groups is 1. The van der Waals surface area contributed by atoms with Gasteiger partial charge in [0.15, 0.2) is 5.82 Å². The summed E-state index contributed by atoms with van der Waals surface area (Å²) in [5, 5.41) is 2.83. The summed E-state index contributed by atoms with van der Waals surface area (Å²) < 4.78 is 27.0. The van der Waals surface area contributed by atoms with Gasteiger partial charge in [0, 0.05) is 26.6 Å². The van der Waals surface area contributed by atoms with Gasteiger partial charge < -0.3 is 5.32 Å². The van der Waals surface area contributed by atoms with E-state index < -0.39 is 16.1 Å². The molecule has 2 rings (SSSR count). The van der Waals surface area contributed by atoms with Crippen molar-refractivity contribution in [2.75, 3.05) is 14.1 Å². The van der Waals surface area contributed by atoms with Crippen LogP contribution < -0.4 is 5.32 Å². The van der Waals surface area contributed by atoms with Crippen molar-refractivity contribution in [1.29, 1.82) is 0 Å². The molecule has 1 amide bonds. The molecule has 0 saturated heterocycles. The minimum Gasteiger partial charge on any atom is -0.314 e. The summed E-state index contributed by atoms with van der Waals surface area (Å²) in [7, 11) is -1.25. The quantitative estimate of drug-likeness (QED) is 0.566. The molecule has 0 spiro atoms. The Morgan fingerprint density at radius 1 is 1.23 bits per heavy atom. The van der Waals surface area contributed by atoms with Gasteiger partial charge in [0.2, 0.25) is 5.91 Å². The number of hydrogen-bond acceptors (Lipinski definition) is 5. The molecular weight excluding hydrogens is 443 g/mol. The molecule has 0 aliphatic heterocycles. The van der Waals surface area contributed by atoms with Gasteiger partial charge in [0.25, 0.3) is 0 Å². The van der Waals surface area contributed by atoms with Crippen LogP contribution in [0.2, 0.25) is 15.1 Å². The summed E-state index contributed by atoms with van der Waals surface area (Å²) >= 11 is 23.3. The molecule has 7 nitrogen and oxygen atoms in total. The lowest BCUT2D eigenvalue weighted by molar-refractivity contribution is -0.117. The van der Waals surface area contributed by atoms with Gasteiger partial charge in [0.1, 0.15) is 4.99 Å². The van der Waals surface area contributed by atoms with Crippen LogP contribution in [0.1, 0.15) is 12.7 Å². The Bertz CT molecular complexity index is 1000. The number of benzene rings is 1. The average molecular weight is 456 g/mol. The Labute approximate surface area is 171 Å². The molecule has 0 aliphatic carbocycles. The Balaban J connectivity index is 2.72. The molecule has 2 aromatic rings. The lowest BCUT2D eigenvalue weighted by atomic mass is 10.2. The minimum absolute atomic E-state index is 0.113. The molecule has 140 valence electrons. The van der Waals surface area contributed by atoms with E-state index in [9.17, 15) is 13.2 Å². The first-order chi connectivity index (χ1) is 12.0. The summed E-state index contributed by atoms with van der Waals surface area (Å²) in [6.07, 6.45) is 1.24. The number of amides is 1. The minimum atomic E-state index is -3.96. The number of thiocarbonyl (C=S) groups is 1. The van der Waals surface area contributed by atoms with E-state index in [0.29, 0.717) is 5.56 Å². The van der Waals surface area contributed by atoms with Gasteiger partial charge in [-0.2, -0.15) is 12.7 Å². The third kappa shape index (κ3) is 4.03. The highest BCUT2D eigenvalue weighted by Gasteiger charge is 2.26. The zero-order valence-electron chi connectivity index (χ0n) is 13.7. The fraction of sp³-hybridized carbons (Fsp3) is 0.214. The summed E-state index contributed by atoms with van der Waals surface area (Å²) in [4.78, 5) is 15.4. The van der Waals surface area contributed by atoms with E-state index in [-0.39, 0.29) is 31.6 Å². The third-order valence-corrected chi connectivity index (χ3v) is 6.47. The summed E-state index contributed by atoms with van der Waals surface area (Å²) in [6.45, 7) is 1.25. The van der Waals surface area contributed by atoms with Gasteiger partial charge in [-0.15, -0.1) is 0 Å². The van der Waals surface area contributed by atoms with Crippen LogP contribution in [-0.4, -0.2) is 46.7 Å². The zero-order valence-corrected chi connectivity index (χ0v) is 17.6. The van der Waals surface area contributed by atoms with Gasteiger partial charge in [-0.3, -0.25) is 4.79 Å². The SMILES string of the molecule is CC(=O)NC(=S)c1nc(-c2ccc(Cl)c(Cl)c2Cl)cn1S(=O)(=O)N(C)C. The summed E-state index contributed by atoms with van der Waals surface area (Å²) in [5.41, 5.74) is 0.558. The highest BCUT2D eigenvalue weighted by molar-refractivity contribution is 7.87. The highest BCUT2D eigenvalue weighted by Crippen LogP contribution is 2.37. The molecule has 0 atom stereocenters. The standard InChI is InChI=1S/C14H13Cl3N4O3S2/c1-7(22)18-14(25)13-19-10(6-21(13)26(23,24)20(2)3)8-4-5-9(15)12(17)11(8)16/h4-6H,1-3H3,(H,18,22,25). The molecule has 0 unspecified atom stereocenters. The van der Waals surface area contributed by atoms with Crippen molar-refractivity contribution in [2.45, 2.75) is 6.92 Å². The van der Waals surface area contributed by atoms with Crippen LogP contribution in [0, 0.1) is 0 Å². The molecule has 1 heterocycles. The van der Waals surface area contributed by atoms with Gasteiger partial charge >= 0.3 is 10.2 Å². The maximum Gasteiger partial charge on any atom is 0.308 e. The van der Waals surface area contributed by atoms with Gasteiger partial charge in [-0.25, -0.2) is 8.96 Å². The lowest BCUT2D eigenvalue weighted by Crippen LogP contribution is -2.35. The number of nitrogens with one attached hydrogen (secondary N) is 1. The molecule has 0 aliphatic rings. The number of hydrogen-bond donors (Lipinski definition) is 1. The van der Waals surface area contributed by atoms with E-state index in [1.54, 1.807) is 6.07 Å². The van der Waals surface area contributed by atoms with E-state index in [0.717, 1.165) is 8.28 Å². The maximum absolute atomic E-state index is 12.6. The molecule has 0 fully saturated rings. The maximum atomic E-state index is 12.6. The normalized spacial score (nSPS) is 11.7. The molecule has 26 heavy (non-hydrogen) atoms. The Kier molecular flexibility index (Phi) is 6.32. The second kappa shape index (κ2) is 7.79. The van der Waals surface area contributed by atoms with Gasteiger partial charge in [-0.1, -0.05) is 47.0 Å². The van der Waals surface area contributed by atoms with E-state index in [4.69, 9.17) is 47.0 Å². The fourth-order valence-corrected chi connectivity index (χ4v) is 3.85. The zero-order chi connectivity index (χ0) is 19.8. The molecule has 12 heteroatoms.